The van der Waals surface area contributed by atoms with Crippen LogP contribution in [0.5, 0.6) is 0 Å². The van der Waals surface area contributed by atoms with Gasteiger partial charge in [0.15, 0.2) is 0 Å². The predicted molar refractivity (Wildman–Crippen MR) is 283 cm³/mol. The molecule has 6 nitrogen and oxygen atoms in total. The summed E-state index contributed by atoms with van der Waals surface area (Å²) in [5.41, 5.74) is 0. The molecule has 0 rings (SSSR count). The van der Waals surface area contributed by atoms with Gasteiger partial charge < -0.3 is 20.3 Å². The Morgan fingerprint density at radius 3 is 1.09 bits per heavy atom. The van der Waals surface area contributed by atoms with Gasteiger partial charge in [0.05, 0.1) is 25.4 Å². The Kier molecular flexibility index (Phi) is 54.0. The number of aliphatic hydroxyl groups is 2. The summed E-state index contributed by atoms with van der Waals surface area (Å²) >= 11 is 0. The predicted octanol–water partition coefficient (Wildman–Crippen LogP) is 18.1. The number of ether oxygens (including phenoxy) is 1. The molecule has 1 amide bonds. The maximum atomic E-state index is 12.5. The molecule has 0 aromatic carbocycles. The summed E-state index contributed by atoms with van der Waals surface area (Å²) in [5.74, 6) is -0.0865. The number of unbranched alkanes of at least 4 members (excludes halogenated alkanes) is 42. The molecule has 65 heavy (non-hydrogen) atoms. The van der Waals surface area contributed by atoms with Gasteiger partial charge in [0, 0.05) is 12.8 Å². The van der Waals surface area contributed by atoms with Gasteiger partial charge in [0.2, 0.25) is 5.91 Å². The van der Waals surface area contributed by atoms with E-state index in [0.29, 0.717) is 25.9 Å². The number of carbonyl (C=O) groups excluding carboxylic acids is 2. The zero-order chi connectivity index (χ0) is 47.2. The maximum absolute atomic E-state index is 12.5. The second-order valence-corrected chi connectivity index (χ2v) is 20.3. The minimum atomic E-state index is -0.682. The van der Waals surface area contributed by atoms with Crippen molar-refractivity contribution in [2.24, 2.45) is 0 Å². The number of aliphatic hydroxyl groups excluding tert-OH is 2. The largest absolute Gasteiger partial charge is 0.466 e. The molecule has 2 atom stereocenters. The maximum Gasteiger partial charge on any atom is 0.305 e. The third-order valence-corrected chi connectivity index (χ3v) is 13.8. The average Bonchev–Trinajstić information content (AvgIpc) is 3.31. The van der Waals surface area contributed by atoms with Gasteiger partial charge >= 0.3 is 5.97 Å². The van der Waals surface area contributed by atoms with Crippen molar-refractivity contribution >= 4 is 11.9 Å². The van der Waals surface area contributed by atoms with Gasteiger partial charge in [-0.2, -0.15) is 0 Å². The quantitative estimate of drug-likeness (QED) is 0.0321. The molecule has 0 saturated carbocycles. The third kappa shape index (κ3) is 51.8. The summed E-state index contributed by atoms with van der Waals surface area (Å²) in [7, 11) is 0. The monoisotopic (exact) mass is 918 g/mol. The average molecular weight is 919 g/mol. The van der Waals surface area contributed by atoms with Crippen LogP contribution in [-0.2, 0) is 14.3 Å². The lowest BCUT2D eigenvalue weighted by Crippen LogP contribution is -2.45. The van der Waals surface area contributed by atoms with Crippen LogP contribution in [0.1, 0.15) is 328 Å². The molecular formula is C59H115NO5. The van der Waals surface area contributed by atoms with Crippen molar-refractivity contribution in [3.63, 3.8) is 0 Å². The Bertz CT molecular complexity index is 970. The molecule has 0 saturated heterocycles. The molecule has 386 valence electrons. The smallest absolute Gasteiger partial charge is 0.305 e. The SMILES string of the molecule is CCCCCCCCCCCCCCCCCCCCCCC(O)C(CO)NC(=O)CCCCCCC/C=C\CCCCOC(=O)CCCCCCCCCCCCCCCCCCC. The molecule has 0 aliphatic rings. The second kappa shape index (κ2) is 55.2. The highest BCUT2D eigenvalue weighted by Gasteiger charge is 2.20. The van der Waals surface area contributed by atoms with Crippen molar-refractivity contribution in [3.05, 3.63) is 12.2 Å². The van der Waals surface area contributed by atoms with Crippen molar-refractivity contribution in [3.8, 4) is 0 Å². The summed E-state index contributed by atoms with van der Waals surface area (Å²) in [6, 6.07) is -0.562. The van der Waals surface area contributed by atoms with Crippen LogP contribution in [0.3, 0.4) is 0 Å². The lowest BCUT2D eigenvalue weighted by Gasteiger charge is -2.22. The van der Waals surface area contributed by atoms with Crippen LogP contribution in [0.25, 0.3) is 0 Å². The fourth-order valence-corrected chi connectivity index (χ4v) is 9.28. The van der Waals surface area contributed by atoms with E-state index in [1.165, 1.54) is 218 Å². The topological polar surface area (TPSA) is 95.9 Å². The molecule has 3 N–H and O–H groups in total. The van der Waals surface area contributed by atoms with Crippen LogP contribution in [-0.4, -0.2) is 47.4 Å². The van der Waals surface area contributed by atoms with E-state index in [9.17, 15) is 19.8 Å². The molecule has 6 heteroatoms. The Morgan fingerprint density at radius 1 is 0.415 bits per heavy atom. The number of carbonyl (C=O) groups is 2. The van der Waals surface area contributed by atoms with E-state index in [2.05, 4.69) is 31.3 Å². The van der Waals surface area contributed by atoms with E-state index in [1.54, 1.807) is 0 Å². The summed E-state index contributed by atoms with van der Waals surface area (Å²) < 4.78 is 5.46. The van der Waals surface area contributed by atoms with Gasteiger partial charge in [-0.3, -0.25) is 9.59 Å². The van der Waals surface area contributed by atoms with E-state index in [-0.39, 0.29) is 18.5 Å². The van der Waals surface area contributed by atoms with E-state index < -0.39 is 12.1 Å². The van der Waals surface area contributed by atoms with Crippen LogP contribution >= 0.6 is 0 Å². The van der Waals surface area contributed by atoms with Gasteiger partial charge in [-0.1, -0.05) is 276 Å². The van der Waals surface area contributed by atoms with Gasteiger partial charge in [-0.05, 0) is 51.4 Å². The zero-order valence-corrected chi connectivity index (χ0v) is 44.0. The Labute approximate surface area is 406 Å². The first kappa shape index (κ1) is 63.6. The molecule has 0 bridgehead atoms. The van der Waals surface area contributed by atoms with Crippen molar-refractivity contribution in [1.82, 2.24) is 5.32 Å². The highest BCUT2D eigenvalue weighted by molar-refractivity contribution is 5.76. The first-order valence-corrected chi connectivity index (χ1v) is 29.4. The summed E-state index contributed by atoms with van der Waals surface area (Å²) in [4.78, 5) is 24.6. The number of nitrogens with one attached hydrogen (secondary N) is 1. The van der Waals surface area contributed by atoms with Crippen molar-refractivity contribution in [2.75, 3.05) is 13.2 Å². The van der Waals surface area contributed by atoms with Crippen LogP contribution in [0.15, 0.2) is 12.2 Å². The fourth-order valence-electron chi connectivity index (χ4n) is 9.28. The number of esters is 1. The molecule has 0 aliphatic carbocycles. The summed E-state index contributed by atoms with van der Waals surface area (Å²) in [5, 5.41) is 23.3. The first-order chi connectivity index (χ1) is 32.0. The zero-order valence-electron chi connectivity index (χ0n) is 44.0. The molecule has 0 aliphatic heterocycles. The molecule has 0 spiro atoms. The standard InChI is InChI=1S/C59H115NO5/c1-3-5-7-9-11-13-15-17-19-21-22-23-25-26-28-31-35-39-43-47-51-57(62)56(55-61)60-58(63)52-48-44-40-36-32-30-34-38-42-46-50-54-65-59(64)53-49-45-41-37-33-29-27-24-20-18-16-14-12-10-8-6-4-2/h34,38,56-57,61-62H,3-33,35-37,39-55H2,1-2H3,(H,60,63)/b38-34-. The number of amides is 1. The van der Waals surface area contributed by atoms with E-state index in [1.807, 2.05) is 0 Å². The van der Waals surface area contributed by atoms with Gasteiger partial charge in [-0.25, -0.2) is 0 Å². The van der Waals surface area contributed by atoms with E-state index in [0.717, 1.165) is 77.0 Å². The highest BCUT2D eigenvalue weighted by Crippen LogP contribution is 2.18. The minimum Gasteiger partial charge on any atom is -0.466 e. The number of hydrogen-bond acceptors (Lipinski definition) is 5. The number of allylic oxidation sites excluding steroid dienone is 2. The van der Waals surface area contributed by atoms with Crippen molar-refractivity contribution in [2.45, 2.75) is 341 Å². The third-order valence-electron chi connectivity index (χ3n) is 13.8. The summed E-state index contributed by atoms with van der Waals surface area (Å²) in [6.45, 7) is 4.91. The van der Waals surface area contributed by atoms with Crippen LogP contribution < -0.4 is 5.32 Å². The fraction of sp³-hybridized carbons (Fsp3) is 0.932. The Morgan fingerprint density at radius 2 is 0.723 bits per heavy atom. The summed E-state index contributed by atoms with van der Waals surface area (Å²) in [6.07, 6.45) is 64.9. The van der Waals surface area contributed by atoms with Gasteiger partial charge in [0.25, 0.3) is 0 Å². The first-order valence-electron chi connectivity index (χ1n) is 29.4. The molecule has 0 aromatic heterocycles. The molecular weight excluding hydrogens is 803 g/mol. The van der Waals surface area contributed by atoms with Crippen LogP contribution in [0, 0.1) is 0 Å². The van der Waals surface area contributed by atoms with Crippen molar-refractivity contribution in [1.29, 1.82) is 0 Å². The van der Waals surface area contributed by atoms with Gasteiger partial charge in [0.1, 0.15) is 0 Å². The van der Waals surface area contributed by atoms with Crippen LogP contribution in [0.2, 0.25) is 0 Å². The molecule has 0 heterocycles. The molecule has 2 unspecified atom stereocenters. The minimum absolute atomic E-state index is 0.0262. The lowest BCUT2D eigenvalue weighted by molar-refractivity contribution is -0.143. The molecule has 0 fully saturated rings. The number of hydrogen-bond donors (Lipinski definition) is 3. The van der Waals surface area contributed by atoms with E-state index >= 15 is 0 Å². The van der Waals surface area contributed by atoms with Crippen LogP contribution in [0.4, 0.5) is 0 Å². The lowest BCUT2D eigenvalue weighted by atomic mass is 10.0. The highest BCUT2D eigenvalue weighted by atomic mass is 16.5. The van der Waals surface area contributed by atoms with E-state index in [4.69, 9.17) is 4.74 Å². The molecule has 0 radical (unpaired) electrons. The second-order valence-electron chi connectivity index (χ2n) is 20.3. The Hall–Kier alpha value is -1.40. The van der Waals surface area contributed by atoms with Gasteiger partial charge in [-0.15, -0.1) is 0 Å². The molecule has 0 aromatic rings. The normalized spacial score (nSPS) is 12.6. The Balaban J connectivity index is 3.48. The van der Waals surface area contributed by atoms with Crippen molar-refractivity contribution < 1.29 is 24.5 Å². The number of rotatable bonds is 55.